The highest BCUT2D eigenvalue weighted by atomic mass is 16.5. The van der Waals surface area contributed by atoms with Crippen LogP contribution in [0.15, 0.2) is 24.3 Å². The van der Waals surface area contributed by atoms with Crippen LogP contribution in [0.5, 0.6) is 5.75 Å². The average Bonchev–Trinajstić information content (AvgIpc) is 2.82. The third kappa shape index (κ3) is 2.79. The van der Waals surface area contributed by atoms with Crippen LogP contribution in [0.25, 0.3) is 11.3 Å². The second-order valence-corrected chi connectivity index (χ2v) is 4.09. The summed E-state index contributed by atoms with van der Waals surface area (Å²) in [5.74, 6) is 0.313. The number of nitrogens with zero attached hydrogens (tertiary/aromatic N) is 3. The van der Waals surface area contributed by atoms with Crippen LogP contribution >= 0.6 is 0 Å². The minimum absolute atomic E-state index is 0.221. The Kier molecular flexibility index (Phi) is 4.34. The SMILES string of the molecule is CCOC(=O)c1nnn(C)c1-c1ccc(OCC)cc1. The predicted molar refractivity (Wildman–Crippen MR) is 73.6 cm³/mol. The Morgan fingerprint density at radius 3 is 2.50 bits per heavy atom. The fraction of sp³-hybridized carbons (Fsp3) is 0.357. The molecule has 0 N–H and O–H groups in total. The molecule has 1 aromatic carbocycles. The van der Waals surface area contributed by atoms with Crippen molar-refractivity contribution in [1.29, 1.82) is 0 Å². The molecule has 1 heterocycles. The van der Waals surface area contributed by atoms with E-state index >= 15 is 0 Å². The van der Waals surface area contributed by atoms with Crippen molar-refractivity contribution < 1.29 is 14.3 Å². The molecule has 0 spiro atoms. The number of hydrogen-bond acceptors (Lipinski definition) is 5. The second-order valence-electron chi connectivity index (χ2n) is 4.09. The summed E-state index contributed by atoms with van der Waals surface area (Å²) in [7, 11) is 1.74. The zero-order chi connectivity index (χ0) is 14.5. The van der Waals surface area contributed by atoms with Crippen molar-refractivity contribution in [3.05, 3.63) is 30.0 Å². The number of carbonyl (C=O) groups is 1. The highest BCUT2D eigenvalue weighted by molar-refractivity contribution is 5.94. The first-order valence-electron chi connectivity index (χ1n) is 6.47. The Morgan fingerprint density at radius 1 is 1.20 bits per heavy atom. The largest absolute Gasteiger partial charge is 0.494 e. The number of aromatic nitrogens is 3. The maximum Gasteiger partial charge on any atom is 0.361 e. The lowest BCUT2D eigenvalue weighted by atomic mass is 10.1. The molecular weight excluding hydrogens is 258 g/mol. The molecule has 0 aliphatic rings. The first-order valence-corrected chi connectivity index (χ1v) is 6.47. The molecule has 20 heavy (non-hydrogen) atoms. The van der Waals surface area contributed by atoms with E-state index in [0.29, 0.717) is 18.9 Å². The molecule has 1 aromatic heterocycles. The minimum atomic E-state index is -0.468. The molecule has 0 saturated carbocycles. The van der Waals surface area contributed by atoms with E-state index in [1.807, 2.05) is 31.2 Å². The van der Waals surface area contributed by atoms with Gasteiger partial charge in [-0.3, -0.25) is 0 Å². The Labute approximate surface area is 117 Å². The Morgan fingerprint density at radius 2 is 1.90 bits per heavy atom. The number of esters is 1. The molecule has 2 aromatic rings. The van der Waals surface area contributed by atoms with Gasteiger partial charge in [0, 0.05) is 12.6 Å². The zero-order valence-electron chi connectivity index (χ0n) is 11.8. The van der Waals surface area contributed by atoms with Gasteiger partial charge >= 0.3 is 5.97 Å². The summed E-state index contributed by atoms with van der Waals surface area (Å²) in [5.41, 5.74) is 1.69. The molecule has 0 atom stereocenters. The van der Waals surface area contributed by atoms with E-state index in [1.165, 1.54) is 0 Å². The van der Waals surface area contributed by atoms with Crippen LogP contribution in [0.1, 0.15) is 24.3 Å². The zero-order valence-corrected chi connectivity index (χ0v) is 11.8. The van der Waals surface area contributed by atoms with E-state index in [0.717, 1.165) is 11.3 Å². The molecule has 2 rings (SSSR count). The number of ether oxygens (including phenoxy) is 2. The fourth-order valence-electron chi connectivity index (χ4n) is 1.89. The molecule has 0 fully saturated rings. The summed E-state index contributed by atoms with van der Waals surface area (Å²) in [6.07, 6.45) is 0. The molecule has 0 saturated heterocycles. The van der Waals surface area contributed by atoms with E-state index in [2.05, 4.69) is 10.3 Å². The molecule has 0 bridgehead atoms. The summed E-state index contributed by atoms with van der Waals surface area (Å²) in [6.45, 7) is 4.60. The van der Waals surface area contributed by atoms with Crippen LogP contribution in [0, 0.1) is 0 Å². The molecule has 6 nitrogen and oxygen atoms in total. The van der Waals surface area contributed by atoms with Crippen molar-refractivity contribution >= 4 is 5.97 Å². The molecule has 0 aliphatic carbocycles. The highest BCUT2D eigenvalue weighted by Gasteiger charge is 2.20. The molecule has 106 valence electrons. The van der Waals surface area contributed by atoms with E-state index < -0.39 is 5.97 Å². The molecule has 6 heteroatoms. The van der Waals surface area contributed by atoms with Crippen LogP contribution < -0.4 is 4.74 Å². The van der Waals surface area contributed by atoms with E-state index in [9.17, 15) is 4.79 Å². The standard InChI is InChI=1S/C14H17N3O3/c1-4-19-11-8-6-10(7-9-11)13-12(14(18)20-5-2)15-16-17(13)3/h6-9H,4-5H2,1-3H3. The quantitative estimate of drug-likeness (QED) is 0.781. The van der Waals surface area contributed by atoms with Gasteiger partial charge in [0.1, 0.15) is 11.4 Å². The second kappa shape index (κ2) is 6.18. The van der Waals surface area contributed by atoms with Crippen LogP contribution in [0.4, 0.5) is 0 Å². The van der Waals surface area contributed by atoms with Crippen LogP contribution in [-0.2, 0) is 11.8 Å². The topological polar surface area (TPSA) is 66.2 Å². The summed E-state index contributed by atoms with van der Waals surface area (Å²) >= 11 is 0. The van der Waals surface area contributed by atoms with Crippen molar-refractivity contribution in [2.75, 3.05) is 13.2 Å². The molecule has 0 unspecified atom stereocenters. The third-order valence-electron chi connectivity index (χ3n) is 2.73. The monoisotopic (exact) mass is 275 g/mol. The summed E-state index contributed by atoms with van der Waals surface area (Å²) in [6, 6.07) is 7.43. The van der Waals surface area contributed by atoms with Crippen LogP contribution in [-0.4, -0.2) is 34.2 Å². The van der Waals surface area contributed by atoms with Gasteiger partial charge in [0.25, 0.3) is 0 Å². The number of aryl methyl sites for hydroxylation is 1. The summed E-state index contributed by atoms with van der Waals surface area (Å²) < 4.78 is 11.9. The van der Waals surface area contributed by atoms with Gasteiger partial charge in [0.15, 0.2) is 5.69 Å². The summed E-state index contributed by atoms with van der Waals surface area (Å²) in [5, 5.41) is 7.77. The molecular formula is C14H17N3O3. The van der Waals surface area contributed by atoms with E-state index in [-0.39, 0.29) is 5.69 Å². The van der Waals surface area contributed by atoms with Crippen molar-refractivity contribution in [3.63, 3.8) is 0 Å². The lowest BCUT2D eigenvalue weighted by Gasteiger charge is -2.06. The van der Waals surface area contributed by atoms with Gasteiger partial charge in [-0.25, -0.2) is 9.48 Å². The van der Waals surface area contributed by atoms with Gasteiger partial charge < -0.3 is 9.47 Å². The first-order chi connectivity index (χ1) is 9.67. The number of benzene rings is 1. The first kappa shape index (κ1) is 14.0. The maximum absolute atomic E-state index is 11.9. The van der Waals surface area contributed by atoms with Gasteiger partial charge in [-0.05, 0) is 38.1 Å². The number of rotatable bonds is 5. The lowest BCUT2D eigenvalue weighted by molar-refractivity contribution is 0.0520. The van der Waals surface area contributed by atoms with Crippen molar-refractivity contribution in [1.82, 2.24) is 15.0 Å². The number of carbonyl (C=O) groups excluding carboxylic acids is 1. The van der Waals surface area contributed by atoms with Gasteiger partial charge in [-0.1, -0.05) is 5.21 Å². The fourth-order valence-corrected chi connectivity index (χ4v) is 1.89. The molecule has 0 aliphatic heterocycles. The Bertz CT molecular complexity index is 590. The smallest absolute Gasteiger partial charge is 0.361 e. The van der Waals surface area contributed by atoms with Crippen molar-refractivity contribution in [2.24, 2.45) is 7.05 Å². The Hall–Kier alpha value is -2.37. The van der Waals surface area contributed by atoms with Crippen molar-refractivity contribution in [2.45, 2.75) is 13.8 Å². The third-order valence-corrected chi connectivity index (χ3v) is 2.73. The van der Waals surface area contributed by atoms with Gasteiger partial charge in [0.05, 0.1) is 13.2 Å². The molecule has 0 radical (unpaired) electrons. The highest BCUT2D eigenvalue weighted by Crippen LogP contribution is 2.24. The molecule has 0 amide bonds. The Balaban J connectivity index is 2.36. The summed E-state index contributed by atoms with van der Waals surface area (Å²) in [4.78, 5) is 11.9. The average molecular weight is 275 g/mol. The van der Waals surface area contributed by atoms with E-state index in [4.69, 9.17) is 9.47 Å². The lowest BCUT2D eigenvalue weighted by Crippen LogP contribution is -2.07. The van der Waals surface area contributed by atoms with E-state index in [1.54, 1.807) is 18.7 Å². The number of hydrogen-bond donors (Lipinski definition) is 0. The predicted octanol–water partition coefficient (Wildman–Crippen LogP) is 2.06. The van der Waals surface area contributed by atoms with Crippen LogP contribution in [0.3, 0.4) is 0 Å². The minimum Gasteiger partial charge on any atom is -0.494 e. The van der Waals surface area contributed by atoms with Crippen molar-refractivity contribution in [3.8, 4) is 17.0 Å². The van der Waals surface area contributed by atoms with Gasteiger partial charge in [0.2, 0.25) is 0 Å². The normalized spacial score (nSPS) is 10.3. The van der Waals surface area contributed by atoms with Gasteiger partial charge in [-0.2, -0.15) is 0 Å². The van der Waals surface area contributed by atoms with Crippen LogP contribution in [0.2, 0.25) is 0 Å². The maximum atomic E-state index is 11.9. The van der Waals surface area contributed by atoms with Gasteiger partial charge in [-0.15, -0.1) is 5.10 Å².